The van der Waals surface area contributed by atoms with E-state index in [2.05, 4.69) is 0 Å². The smallest absolute Gasteiger partial charge is 0.213 e. The highest BCUT2D eigenvalue weighted by Crippen LogP contribution is 2.28. The normalized spacial score (nSPS) is 35.0. The predicted octanol–water partition coefficient (Wildman–Crippen LogP) is -1.39. The molecule has 0 aliphatic carbocycles. The Bertz CT molecular complexity index is 545. The van der Waals surface area contributed by atoms with Gasteiger partial charge in [-0.3, -0.25) is 0 Å². The lowest BCUT2D eigenvalue weighted by molar-refractivity contribution is -0.249. The van der Waals surface area contributed by atoms with E-state index in [0.717, 1.165) is 21.1 Å². The summed E-state index contributed by atoms with van der Waals surface area (Å²) in [5, 5.41) is 0. The Morgan fingerprint density at radius 1 is 0.947 bits per heavy atom. The first-order valence-corrected chi connectivity index (χ1v) is 9.51. The van der Waals surface area contributed by atoms with E-state index in [0.29, 0.717) is 0 Å². The second-order valence-electron chi connectivity index (χ2n) is 4.81. The Morgan fingerprint density at radius 3 is 1.89 bits per heavy atom. The molecule has 2 fully saturated rings. The molecular formula is C9H18N2O6S2. The third-order valence-electron chi connectivity index (χ3n) is 3.08. The van der Waals surface area contributed by atoms with Gasteiger partial charge in [0, 0.05) is 13.1 Å². The first-order valence-electron chi connectivity index (χ1n) is 5.81. The first kappa shape index (κ1) is 15.1. The summed E-state index contributed by atoms with van der Waals surface area (Å²) in [6.07, 6.45) is 0.00609. The molecule has 0 amide bonds. The molecule has 0 aromatic carbocycles. The highest BCUT2D eigenvalue weighted by Gasteiger charge is 2.48. The van der Waals surface area contributed by atoms with Crippen LogP contribution in [0.5, 0.6) is 0 Å². The molecule has 8 nitrogen and oxygen atoms in total. The third-order valence-corrected chi connectivity index (χ3v) is 5.56. The van der Waals surface area contributed by atoms with E-state index in [1.165, 1.54) is 0 Å². The molecule has 2 rings (SSSR count). The van der Waals surface area contributed by atoms with Crippen LogP contribution in [0, 0.1) is 0 Å². The molecule has 3 atom stereocenters. The highest BCUT2D eigenvalue weighted by atomic mass is 32.2. The summed E-state index contributed by atoms with van der Waals surface area (Å²) >= 11 is 0. The molecular weight excluding hydrogens is 296 g/mol. The summed E-state index contributed by atoms with van der Waals surface area (Å²) in [4.78, 5) is 0. The fraction of sp³-hybridized carbons (Fsp3) is 1.00. The van der Waals surface area contributed by atoms with Crippen LogP contribution in [0.2, 0.25) is 0 Å². The summed E-state index contributed by atoms with van der Waals surface area (Å²) in [6, 6.07) is 0. The van der Waals surface area contributed by atoms with Gasteiger partial charge in [-0.25, -0.2) is 16.8 Å². The number of nitrogens with zero attached hydrogens (tertiary/aromatic N) is 2. The van der Waals surface area contributed by atoms with Gasteiger partial charge < -0.3 is 9.47 Å². The minimum Gasteiger partial charge on any atom is -0.355 e. The van der Waals surface area contributed by atoms with Crippen molar-refractivity contribution in [3.8, 4) is 0 Å². The van der Waals surface area contributed by atoms with Gasteiger partial charge in [0.25, 0.3) is 0 Å². The van der Waals surface area contributed by atoms with Crippen LogP contribution in [0.3, 0.4) is 0 Å². The quantitative estimate of drug-likeness (QED) is 0.623. The fourth-order valence-electron chi connectivity index (χ4n) is 2.26. The summed E-state index contributed by atoms with van der Waals surface area (Å²) in [5.74, 6) is 0. The molecule has 19 heavy (non-hydrogen) atoms. The number of piperazine rings is 1. The Balaban J connectivity index is 2.34. The van der Waals surface area contributed by atoms with Crippen molar-refractivity contribution in [3.05, 3.63) is 0 Å². The number of fused-ring (bicyclic) bond motifs is 1. The molecule has 0 bridgehead atoms. The molecule has 2 heterocycles. The summed E-state index contributed by atoms with van der Waals surface area (Å²) < 4.78 is 60.2. The second kappa shape index (κ2) is 4.93. The van der Waals surface area contributed by atoms with Crippen LogP contribution in [-0.2, 0) is 29.5 Å². The Labute approximate surface area is 113 Å². The van der Waals surface area contributed by atoms with Crippen molar-refractivity contribution in [2.45, 2.75) is 25.5 Å². The summed E-state index contributed by atoms with van der Waals surface area (Å²) in [5.41, 5.74) is 0. The zero-order valence-electron chi connectivity index (χ0n) is 11.0. The second-order valence-corrected chi connectivity index (χ2v) is 8.68. The van der Waals surface area contributed by atoms with Crippen molar-refractivity contribution < 1.29 is 26.3 Å². The standard InChI is InChI=1S/C9H18N2O6S2/c1-7-6-16-8-9(17-7)11(19(3,14)15)5-4-10(8)18(2,12)13/h7-9H,4-6H2,1-3H3/t7-,8-,9+/m0/s1. The van der Waals surface area contributed by atoms with Crippen LogP contribution in [0.1, 0.15) is 6.92 Å². The Hall–Kier alpha value is -0.260. The zero-order valence-corrected chi connectivity index (χ0v) is 12.6. The van der Waals surface area contributed by atoms with E-state index in [9.17, 15) is 16.8 Å². The number of rotatable bonds is 2. The average Bonchev–Trinajstić information content (AvgIpc) is 2.24. The van der Waals surface area contributed by atoms with Gasteiger partial charge in [-0.15, -0.1) is 0 Å². The molecule has 0 spiro atoms. The lowest BCUT2D eigenvalue weighted by Gasteiger charge is -2.47. The van der Waals surface area contributed by atoms with Gasteiger partial charge in [-0.2, -0.15) is 8.61 Å². The van der Waals surface area contributed by atoms with Gasteiger partial charge >= 0.3 is 0 Å². The SMILES string of the molecule is C[C@H]1CO[C@H]2[C@@H](O1)N(S(C)(=O)=O)CCN2S(C)(=O)=O. The van der Waals surface area contributed by atoms with Crippen molar-refractivity contribution >= 4 is 20.0 Å². The molecule has 0 aromatic heterocycles. The van der Waals surface area contributed by atoms with Crippen LogP contribution in [0.15, 0.2) is 0 Å². The molecule has 2 aliphatic heterocycles. The number of sulfonamides is 2. The maximum atomic E-state index is 11.7. The van der Waals surface area contributed by atoms with Crippen molar-refractivity contribution in [2.24, 2.45) is 0 Å². The zero-order chi connectivity index (χ0) is 14.4. The average molecular weight is 314 g/mol. The van der Waals surface area contributed by atoms with Gasteiger partial charge in [0.05, 0.1) is 25.2 Å². The number of hydrogen-bond acceptors (Lipinski definition) is 6. The van der Waals surface area contributed by atoms with Crippen molar-refractivity contribution in [3.63, 3.8) is 0 Å². The van der Waals surface area contributed by atoms with E-state index >= 15 is 0 Å². The van der Waals surface area contributed by atoms with E-state index in [-0.39, 0.29) is 25.8 Å². The largest absolute Gasteiger partial charge is 0.355 e. The molecule has 0 saturated carbocycles. The van der Waals surface area contributed by atoms with Crippen LogP contribution >= 0.6 is 0 Å². The predicted molar refractivity (Wildman–Crippen MR) is 67.2 cm³/mol. The minimum atomic E-state index is -3.48. The van der Waals surface area contributed by atoms with Gasteiger partial charge in [-0.1, -0.05) is 0 Å². The van der Waals surface area contributed by atoms with Crippen molar-refractivity contribution in [1.29, 1.82) is 0 Å². The molecule has 2 saturated heterocycles. The maximum absolute atomic E-state index is 11.7. The fourth-order valence-corrected chi connectivity index (χ4v) is 4.16. The van der Waals surface area contributed by atoms with E-state index < -0.39 is 32.5 Å². The number of ether oxygens (including phenoxy) is 2. The Morgan fingerprint density at radius 2 is 1.42 bits per heavy atom. The van der Waals surface area contributed by atoms with Crippen LogP contribution in [0.4, 0.5) is 0 Å². The van der Waals surface area contributed by atoms with Gasteiger partial charge in [0.15, 0.2) is 12.5 Å². The first-order chi connectivity index (χ1) is 8.60. The number of hydrogen-bond donors (Lipinski definition) is 0. The summed E-state index contributed by atoms with van der Waals surface area (Å²) in [6.45, 7) is 2.09. The van der Waals surface area contributed by atoms with Crippen LogP contribution in [0.25, 0.3) is 0 Å². The molecule has 0 radical (unpaired) electrons. The van der Waals surface area contributed by atoms with E-state index in [1.807, 2.05) is 0 Å². The maximum Gasteiger partial charge on any atom is 0.213 e. The highest BCUT2D eigenvalue weighted by molar-refractivity contribution is 7.88. The van der Waals surface area contributed by atoms with Gasteiger partial charge in [0.2, 0.25) is 20.0 Å². The monoisotopic (exact) mass is 314 g/mol. The van der Waals surface area contributed by atoms with E-state index in [1.54, 1.807) is 6.92 Å². The van der Waals surface area contributed by atoms with Gasteiger partial charge in [-0.05, 0) is 6.92 Å². The lowest BCUT2D eigenvalue weighted by Crippen LogP contribution is -2.66. The van der Waals surface area contributed by atoms with Crippen LogP contribution in [-0.4, -0.2) is 76.2 Å². The van der Waals surface area contributed by atoms with Crippen molar-refractivity contribution in [1.82, 2.24) is 8.61 Å². The molecule has 0 aromatic rings. The third kappa shape index (κ3) is 3.09. The lowest BCUT2D eigenvalue weighted by atomic mass is 10.3. The topological polar surface area (TPSA) is 93.2 Å². The van der Waals surface area contributed by atoms with Crippen LogP contribution < -0.4 is 0 Å². The molecule has 0 unspecified atom stereocenters. The Kier molecular flexibility index (Phi) is 3.93. The molecule has 112 valence electrons. The summed E-state index contributed by atoms with van der Waals surface area (Å²) in [7, 11) is -6.96. The van der Waals surface area contributed by atoms with E-state index in [4.69, 9.17) is 9.47 Å². The molecule has 0 N–H and O–H groups in total. The molecule has 10 heteroatoms. The van der Waals surface area contributed by atoms with Gasteiger partial charge in [0.1, 0.15) is 0 Å². The molecule has 2 aliphatic rings. The van der Waals surface area contributed by atoms with Crippen molar-refractivity contribution in [2.75, 3.05) is 32.2 Å². The minimum absolute atomic E-state index is 0.0587.